The average molecular weight is 330 g/mol. The van der Waals surface area contributed by atoms with Gasteiger partial charge in [-0.15, -0.1) is 11.3 Å². The highest BCUT2D eigenvalue weighted by atomic mass is 32.2. The Morgan fingerprint density at radius 1 is 1.43 bits per heavy atom. The Hall–Kier alpha value is -0.470. The molecular formula is C14H22N2O3S2. The van der Waals surface area contributed by atoms with Crippen LogP contribution in [0.5, 0.6) is 0 Å². The zero-order chi connectivity index (χ0) is 15.0. The van der Waals surface area contributed by atoms with E-state index in [1.54, 1.807) is 11.4 Å². The first-order chi connectivity index (χ1) is 10.0. The molecule has 2 aliphatic rings. The summed E-state index contributed by atoms with van der Waals surface area (Å²) in [5.74, 6) is 0. The molecule has 0 aromatic carbocycles. The van der Waals surface area contributed by atoms with Crippen LogP contribution in [0.2, 0.25) is 0 Å². The second-order valence-corrected chi connectivity index (χ2v) is 9.14. The number of methoxy groups -OCH3 is 1. The molecule has 1 saturated heterocycles. The van der Waals surface area contributed by atoms with Crippen LogP contribution in [0.3, 0.4) is 0 Å². The molecule has 1 aliphatic heterocycles. The van der Waals surface area contributed by atoms with Gasteiger partial charge in [-0.1, -0.05) is 0 Å². The third kappa shape index (κ3) is 3.32. The van der Waals surface area contributed by atoms with E-state index in [4.69, 9.17) is 4.74 Å². The molecular weight excluding hydrogens is 308 g/mol. The zero-order valence-corrected chi connectivity index (χ0v) is 14.1. The van der Waals surface area contributed by atoms with Gasteiger partial charge in [-0.3, -0.25) is 0 Å². The van der Waals surface area contributed by atoms with Gasteiger partial charge in [0, 0.05) is 37.7 Å². The molecule has 1 aromatic heterocycles. The highest BCUT2D eigenvalue weighted by Gasteiger charge is 2.34. The summed E-state index contributed by atoms with van der Waals surface area (Å²) in [4.78, 5) is 1.13. The Labute approximate surface area is 130 Å². The van der Waals surface area contributed by atoms with Crippen LogP contribution < -0.4 is 5.32 Å². The maximum Gasteiger partial charge on any atom is 0.252 e. The summed E-state index contributed by atoms with van der Waals surface area (Å²) < 4.78 is 32.6. The van der Waals surface area contributed by atoms with Crippen LogP contribution in [0.4, 0.5) is 0 Å². The minimum absolute atomic E-state index is 0.0248. The molecule has 1 atom stereocenters. The lowest BCUT2D eigenvalue weighted by molar-refractivity contribution is 0.115. The summed E-state index contributed by atoms with van der Waals surface area (Å²) in [6, 6.07) is 2.44. The summed E-state index contributed by atoms with van der Waals surface area (Å²) in [5, 5.41) is 3.45. The van der Waals surface area contributed by atoms with Gasteiger partial charge in [0.05, 0.1) is 6.10 Å². The van der Waals surface area contributed by atoms with Gasteiger partial charge < -0.3 is 10.1 Å². The van der Waals surface area contributed by atoms with E-state index < -0.39 is 10.0 Å². The fourth-order valence-electron chi connectivity index (χ4n) is 2.55. The Bertz CT molecular complexity index is 608. The van der Waals surface area contributed by atoms with E-state index in [0.29, 0.717) is 23.3 Å². The minimum Gasteiger partial charge on any atom is -0.380 e. The SMILES string of the molecule is COC1CCN(S(=O)(=O)c2cc(C)c(CNC3CC3)s2)C1. The number of aryl methyl sites for hydroxylation is 1. The molecule has 0 bridgehead atoms. The predicted octanol–water partition coefficient (Wildman–Crippen LogP) is 1.72. The van der Waals surface area contributed by atoms with Crippen molar-refractivity contribution in [3.63, 3.8) is 0 Å². The maximum absolute atomic E-state index is 12.7. The summed E-state index contributed by atoms with van der Waals surface area (Å²) in [5.41, 5.74) is 1.06. The van der Waals surface area contributed by atoms with Crippen molar-refractivity contribution in [3.8, 4) is 0 Å². The highest BCUT2D eigenvalue weighted by molar-refractivity contribution is 7.91. The van der Waals surface area contributed by atoms with Crippen LogP contribution in [-0.4, -0.2) is 45.1 Å². The minimum atomic E-state index is -3.36. The Balaban J connectivity index is 1.74. The number of sulfonamides is 1. The summed E-state index contributed by atoms with van der Waals surface area (Å²) >= 11 is 1.40. The van der Waals surface area contributed by atoms with E-state index >= 15 is 0 Å². The number of hydrogen-bond acceptors (Lipinski definition) is 5. The molecule has 0 spiro atoms. The number of nitrogens with one attached hydrogen (secondary N) is 1. The molecule has 1 unspecified atom stereocenters. The summed E-state index contributed by atoms with van der Waals surface area (Å²) in [7, 11) is -1.73. The molecule has 0 amide bonds. The van der Waals surface area contributed by atoms with Gasteiger partial charge in [0.2, 0.25) is 0 Å². The largest absolute Gasteiger partial charge is 0.380 e. The van der Waals surface area contributed by atoms with E-state index in [-0.39, 0.29) is 6.10 Å². The van der Waals surface area contributed by atoms with E-state index in [0.717, 1.165) is 23.4 Å². The first kappa shape index (κ1) is 15.4. The van der Waals surface area contributed by atoms with Gasteiger partial charge in [-0.25, -0.2) is 8.42 Å². The van der Waals surface area contributed by atoms with E-state index in [1.807, 2.05) is 13.0 Å². The van der Waals surface area contributed by atoms with Crippen LogP contribution in [0, 0.1) is 6.92 Å². The van der Waals surface area contributed by atoms with Crippen molar-refractivity contribution in [2.75, 3.05) is 20.2 Å². The highest BCUT2D eigenvalue weighted by Crippen LogP contribution is 2.31. The topological polar surface area (TPSA) is 58.6 Å². The molecule has 21 heavy (non-hydrogen) atoms. The van der Waals surface area contributed by atoms with Gasteiger partial charge in [0.25, 0.3) is 10.0 Å². The van der Waals surface area contributed by atoms with Gasteiger partial charge in [-0.2, -0.15) is 4.31 Å². The van der Waals surface area contributed by atoms with Crippen molar-refractivity contribution in [3.05, 3.63) is 16.5 Å². The smallest absolute Gasteiger partial charge is 0.252 e. The first-order valence-electron chi connectivity index (χ1n) is 7.36. The maximum atomic E-state index is 12.7. The molecule has 118 valence electrons. The van der Waals surface area contributed by atoms with Crippen LogP contribution in [0.25, 0.3) is 0 Å². The Morgan fingerprint density at radius 3 is 2.81 bits per heavy atom. The number of hydrogen-bond donors (Lipinski definition) is 1. The zero-order valence-electron chi connectivity index (χ0n) is 12.5. The van der Waals surface area contributed by atoms with Gasteiger partial charge in [0.15, 0.2) is 0 Å². The Kier molecular flexibility index (Phi) is 4.38. The molecule has 2 fully saturated rings. The molecule has 7 heteroatoms. The molecule has 1 aromatic rings. The van der Waals surface area contributed by atoms with E-state index in [9.17, 15) is 8.42 Å². The lowest BCUT2D eigenvalue weighted by Crippen LogP contribution is -2.29. The summed E-state index contributed by atoms with van der Waals surface area (Å²) in [6.45, 7) is 3.78. The molecule has 3 rings (SSSR count). The average Bonchev–Trinajstić information content (AvgIpc) is 3.01. The van der Waals surface area contributed by atoms with E-state index in [1.165, 1.54) is 24.2 Å². The van der Waals surface area contributed by atoms with Crippen molar-refractivity contribution in [2.24, 2.45) is 0 Å². The van der Waals surface area contributed by atoms with Crippen LogP contribution >= 0.6 is 11.3 Å². The van der Waals surface area contributed by atoms with Gasteiger partial charge in [0.1, 0.15) is 4.21 Å². The number of nitrogens with zero attached hydrogens (tertiary/aromatic N) is 1. The molecule has 1 saturated carbocycles. The van der Waals surface area contributed by atoms with Crippen molar-refractivity contribution in [1.82, 2.24) is 9.62 Å². The molecule has 2 heterocycles. The lowest BCUT2D eigenvalue weighted by atomic mass is 10.3. The second kappa shape index (κ2) is 5.96. The first-order valence-corrected chi connectivity index (χ1v) is 9.62. The standard InChI is InChI=1S/C14H22N2O3S2/c1-10-7-14(20-13(10)8-15-11-3-4-11)21(17,18)16-6-5-12(9-16)19-2/h7,11-12,15H,3-6,8-9H2,1-2H3. The second-order valence-electron chi connectivity index (χ2n) is 5.84. The number of thiophene rings is 1. The third-order valence-electron chi connectivity index (χ3n) is 4.16. The molecule has 5 nitrogen and oxygen atoms in total. The van der Waals surface area contributed by atoms with Crippen molar-refractivity contribution >= 4 is 21.4 Å². The van der Waals surface area contributed by atoms with Crippen molar-refractivity contribution in [1.29, 1.82) is 0 Å². The van der Waals surface area contributed by atoms with Crippen LogP contribution in [0.15, 0.2) is 10.3 Å². The Morgan fingerprint density at radius 2 is 2.19 bits per heavy atom. The van der Waals surface area contributed by atoms with E-state index in [2.05, 4.69) is 5.32 Å². The van der Waals surface area contributed by atoms with Crippen LogP contribution in [0.1, 0.15) is 29.7 Å². The normalized spacial score (nSPS) is 23.8. The fraction of sp³-hybridized carbons (Fsp3) is 0.714. The van der Waals surface area contributed by atoms with Crippen molar-refractivity contribution in [2.45, 2.75) is 49.1 Å². The van der Waals surface area contributed by atoms with Crippen LogP contribution in [-0.2, 0) is 21.3 Å². The third-order valence-corrected chi connectivity index (χ3v) is 7.71. The predicted molar refractivity (Wildman–Crippen MR) is 83.1 cm³/mol. The fourth-order valence-corrected chi connectivity index (χ4v) is 5.73. The molecule has 1 N–H and O–H groups in total. The molecule has 0 radical (unpaired) electrons. The van der Waals surface area contributed by atoms with Gasteiger partial charge in [-0.05, 0) is 37.8 Å². The lowest BCUT2D eigenvalue weighted by Gasteiger charge is -2.14. The van der Waals surface area contributed by atoms with Crippen molar-refractivity contribution < 1.29 is 13.2 Å². The molecule has 1 aliphatic carbocycles. The summed E-state index contributed by atoms with van der Waals surface area (Å²) in [6.07, 6.45) is 3.27. The number of rotatable bonds is 6. The number of ether oxygens (including phenoxy) is 1. The monoisotopic (exact) mass is 330 g/mol. The van der Waals surface area contributed by atoms with Gasteiger partial charge >= 0.3 is 0 Å². The quantitative estimate of drug-likeness (QED) is 0.863.